The average Bonchev–Trinajstić information content (AvgIpc) is 2.69. The lowest BCUT2D eigenvalue weighted by Gasteiger charge is -2.30. The molecule has 2 aromatic carbocycles. The minimum Gasteiger partial charge on any atom is -0.382 e. The molecule has 1 heterocycles. The monoisotopic (exact) mass is 447 g/mol. The number of nitrogens with one attached hydrogen (secondary N) is 2. The average molecular weight is 449 g/mol. The quantitative estimate of drug-likeness (QED) is 0.489. The molecule has 1 aliphatic carbocycles. The normalized spacial score (nSPS) is 19.1. The Morgan fingerprint density at radius 1 is 0.897 bits per heavy atom. The van der Waals surface area contributed by atoms with E-state index in [2.05, 4.69) is 15.6 Å². The predicted octanol–water partition coefficient (Wildman–Crippen LogP) is 6.35. The highest BCUT2D eigenvalue weighted by atomic mass is 35.5. The number of fused-ring (bicyclic) bond motifs is 1. The Balaban J connectivity index is 1.36. The van der Waals surface area contributed by atoms with Crippen molar-refractivity contribution in [1.29, 1.82) is 0 Å². The van der Waals surface area contributed by atoms with E-state index in [9.17, 15) is 4.79 Å². The van der Waals surface area contributed by atoms with E-state index >= 15 is 0 Å². The molecule has 0 saturated heterocycles. The van der Waals surface area contributed by atoms with E-state index in [1.165, 1.54) is 0 Å². The number of benzene rings is 2. The number of amides is 1. The van der Waals surface area contributed by atoms with Crippen LogP contribution < -0.4 is 10.6 Å². The maximum absolute atomic E-state index is 12.5. The molecule has 1 aromatic heterocycles. The van der Waals surface area contributed by atoms with Crippen LogP contribution in [0.3, 0.4) is 0 Å². The first-order chi connectivity index (χ1) is 14.0. The van der Waals surface area contributed by atoms with Crippen LogP contribution in [0.1, 0.15) is 36.0 Å². The van der Waals surface area contributed by atoms with Gasteiger partial charge in [-0.2, -0.15) is 0 Å². The fourth-order valence-corrected chi connectivity index (χ4v) is 4.45. The topological polar surface area (TPSA) is 54.0 Å². The smallest absolute Gasteiger partial charge is 0.253 e. The first kappa shape index (κ1) is 20.3. The summed E-state index contributed by atoms with van der Waals surface area (Å²) in [5, 5.41) is 9.36. The predicted molar refractivity (Wildman–Crippen MR) is 120 cm³/mol. The zero-order chi connectivity index (χ0) is 20.4. The summed E-state index contributed by atoms with van der Waals surface area (Å²) in [5.74, 6) is -0.153. The molecule has 3 aromatic rings. The Morgan fingerprint density at radius 2 is 1.59 bits per heavy atom. The van der Waals surface area contributed by atoms with Gasteiger partial charge in [0, 0.05) is 39.4 Å². The van der Waals surface area contributed by atoms with Gasteiger partial charge in [0.25, 0.3) is 5.91 Å². The van der Waals surface area contributed by atoms with Gasteiger partial charge in [0.2, 0.25) is 0 Å². The van der Waals surface area contributed by atoms with Crippen molar-refractivity contribution in [3.8, 4) is 0 Å². The molecule has 29 heavy (non-hydrogen) atoms. The van der Waals surface area contributed by atoms with Gasteiger partial charge in [0.05, 0.1) is 16.1 Å². The van der Waals surface area contributed by atoms with Gasteiger partial charge in [-0.25, -0.2) is 0 Å². The number of carbonyl (C=O) groups excluding carboxylic acids is 1. The fraction of sp³-hybridized carbons (Fsp3) is 0.273. The van der Waals surface area contributed by atoms with Crippen LogP contribution in [0.15, 0.2) is 48.7 Å². The molecule has 7 heteroatoms. The third-order valence-corrected chi connectivity index (χ3v) is 6.09. The van der Waals surface area contributed by atoms with Gasteiger partial charge in [-0.15, -0.1) is 0 Å². The fourth-order valence-electron chi connectivity index (χ4n) is 3.79. The summed E-state index contributed by atoms with van der Waals surface area (Å²) >= 11 is 18.1. The zero-order valence-corrected chi connectivity index (χ0v) is 17.9. The summed E-state index contributed by atoms with van der Waals surface area (Å²) in [4.78, 5) is 16.9. The van der Waals surface area contributed by atoms with E-state index in [0.29, 0.717) is 26.7 Å². The number of hydrogen-bond donors (Lipinski definition) is 2. The van der Waals surface area contributed by atoms with Crippen LogP contribution in [-0.2, 0) is 0 Å². The molecule has 0 aliphatic heterocycles. The minimum atomic E-state index is -0.153. The van der Waals surface area contributed by atoms with Gasteiger partial charge in [0.1, 0.15) is 0 Å². The van der Waals surface area contributed by atoms with E-state index in [0.717, 1.165) is 42.3 Å². The Kier molecular flexibility index (Phi) is 6.14. The first-order valence-electron chi connectivity index (χ1n) is 9.56. The number of aromatic nitrogens is 1. The lowest BCUT2D eigenvalue weighted by Crippen LogP contribution is -2.40. The number of anilines is 1. The molecule has 4 rings (SSSR count). The summed E-state index contributed by atoms with van der Waals surface area (Å²) in [6.07, 6.45) is 5.54. The number of pyridine rings is 1. The van der Waals surface area contributed by atoms with Gasteiger partial charge in [-0.3, -0.25) is 9.78 Å². The van der Waals surface area contributed by atoms with E-state index < -0.39 is 0 Å². The van der Waals surface area contributed by atoms with Crippen LogP contribution in [0, 0.1) is 0 Å². The number of carbonyl (C=O) groups is 1. The lowest BCUT2D eigenvalue weighted by atomic mass is 9.90. The summed E-state index contributed by atoms with van der Waals surface area (Å²) < 4.78 is 0. The van der Waals surface area contributed by atoms with Crippen molar-refractivity contribution >= 4 is 57.3 Å². The van der Waals surface area contributed by atoms with E-state index in [-0.39, 0.29) is 11.9 Å². The molecule has 2 N–H and O–H groups in total. The van der Waals surface area contributed by atoms with Crippen molar-refractivity contribution in [1.82, 2.24) is 10.3 Å². The molecule has 4 nitrogen and oxygen atoms in total. The highest BCUT2D eigenvalue weighted by molar-refractivity contribution is 6.36. The van der Waals surface area contributed by atoms with Crippen LogP contribution in [0.5, 0.6) is 0 Å². The number of rotatable bonds is 4. The molecule has 1 fully saturated rings. The lowest BCUT2D eigenvalue weighted by molar-refractivity contribution is 0.0927. The SMILES string of the molecule is O=C(N[C@H]1CC[C@@H](Nc2ccnc3cc(Cl)ccc23)CC1)c1ccc(Cl)cc1Cl. The third kappa shape index (κ3) is 4.77. The van der Waals surface area contributed by atoms with Crippen molar-refractivity contribution < 1.29 is 4.79 Å². The summed E-state index contributed by atoms with van der Waals surface area (Å²) in [6.45, 7) is 0. The number of hydrogen-bond acceptors (Lipinski definition) is 3. The Morgan fingerprint density at radius 3 is 2.34 bits per heavy atom. The zero-order valence-electron chi connectivity index (χ0n) is 15.6. The van der Waals surface area contributed by atoms with Gasteiger partial charge in [0.15, 0.2) is 0 Å². The molecule has 0 spiro atoms. The third-order valence-electron chi connectivity index (χ3n) is 5.30. The highest BCUT2D eigenvalue weighted by Crippen LogP contribution is 2.28. The van der Waals surface area contributed by atoms with Crippen LogP contribution >= 0.6 is 34.8 Å². The summed E-state index contributed by atoms with van der Waals surface area (Å²) in [6, 6.07) is 13.2. The second-order valence-corrected chi connectivity index (χ2v) is 8.59. The maximum Gasteiger partial charge on any atom is 0.253 e. The molecule has 0 unspecified atom stereocenters. The minimum absolute atomic E-state index is 0.139. The van der Waals surface area contributed by atoms with Crippen LogP contribution in [-0.4, -0.2) is 23.0 Å². The van der Waals surface area contributed by atoms with E-state index in [1.807, 2.05) is 24.3 Å². The van der Waals surface area contributed by atoms with Crippen molar-refractivity contribution in [3.05, 3.63) is 69.3 Å². The van der Waals surface area contributed by atoms with Crippen molar-refractivity contribution in [2.24, 2.45) is 0 Å². The van der Waals surface area contributed by atoms with Crippen molar-refractivity contribution in [2.45, 2.75) is 37.8 Å². The van der Waals surface area contributed by atoms with Crippen molar-refractivity contribution in [2.75, 3.05) is 5.32 Å². The molecule has 150 valence electrons. The Labute approximate surface area is 184 Å². The van der Waals surface area contributed by atoms with Crippen molar-refractivity contribution in [3.63, 3.8) is 0 Å². The first-order valence-corrected chi connectivity index (χ1v) is 10.7. The summed E-state index contributed by atoms with van der Waals surface area (Å²) in [7, 11) is 0. The Hall–Kier alpha value is -2.01. The molecule has 0 atom stereocenters. The number of halogens is 3. The summed E-state index contributed by atoms with van der Waals surface area (Å²) in [5.41, 5.74) is 2.40. The molecule has 1 aliphatic rings. The second kappa shape index (κ2) is 8.78. The van der Waals surface area contributed by atoms with Crippen LogP contribution in [0.25, 0.3) is 10.9 Å². The molecular weight excluding hydrogens is 429 g/mol. The van der Waals surface area contributed by atoms with Gasteiger partial charge < -0.3 is 10.6 Å². The van der Waals surface area contributed by atoms with Gasteiger partial charge in [-0.1, -0.05) is 34.8 Å². The van der Waals surface area contributed by atoms with E-state index in [1.54, 1.807) is 24.4 Å². The second-order valence-electron chi connectivity index (χ2n) is 7.31. The molecular formula is C22H20Cl3N3O. The largest absolute Gasteiger partial charge is 0.382 e. The van der Waals surface area contributed by atoms with Gasteiger partial charge in [-0.05, 0) is 68.1 Å². The molecule has 1 amide bonds. The van der Waals surface area contributed by atoms with E-state index in [4.69, 9.17) is 34.8 Å². The van der Waals surface area contributed by atoms with Crippen LogP contribution in [0.4, 0.5) is 5.69 Å². The molecule has 0 bridgehead atoms. The maximum atomic E-state index is 12.5. The van der Waals surface area contributed by atoms with Crippen LogP contribution in [0.2, 0.25) is 15.1 Å². The standard InChI is InChI=1S/C22H20Cl3N3O/c23-13-1-7-17(19(25)11-13)22(29)28-16-5-3-15(4-6-16)27-20-9-10-26-21-12-14(24)2-8-18(20)21/h1-2,7-12,15-16H,3-6H2,(H,26,27)(H,28,29)/t15-,16+. The number of nitrogens with zero attached hydrogens (tertiary/aromatic N) is 1. The highest BCUT2D eigenvalue weighted by Gasteiger charge is 2.24. The molecule has 0 radical (unpaired) electrons. The Bertz CT molecular complexity index is 1050. The van der Waals surface area contributed by atoms with Gasteiger partial charge >= 0.3 is 0 Å². The molecule has 1 saturated carbocycles.